The van der Waals surface area contributed by atoms with Gasteiger partial charge in [0.1, 0.15) is 18.4 Å². The van der Waals surface area contributed by atoms with Crippen LogP contribution in [0.25, 0.3) is 0 Å². The zero-order valence-electron chi connectivity index (χ0n) is 11.0. The fraction of sp³-hybridized carbons (Fsp3) is 1.00. The Morgan fingerprint density at radius 1 is 1.22 bits per heavy atom. The van der Waals surface area contributed by atoms with Gasteiger partial charge >= 0.3 is 0 Å². The first-order chi connectivity index (χ1) is 8.43. The minimum Gasteiger partial charge on any atom is -0.395 e. The number of likely N-dealkylation sites (tertiary alicyclic amines) is 1. The summed E-state index contributed by atoms with van der Waals surface area (Å²) in [7, 11) is 0. The number of nitrogens with zero attached hydrogens (tertiary/aromatic N) is 1. The smallest absolute Gasteiger partial charge is 0.110 e. The topological polar surface area (TPSA) is 104 Å². The summed E-state index contributed by atoms with van der Waals surface area (Å²) < 4.78 is 0. The van der Waals surface area contributed by atoms with Gasteiger partial charge in [0, 0.05) is 6.54 Å². The van der Waals surface area contributed by atoms with Crippen LogP contribution in [-0.2, 0) is 0 Å². The second-order valence-corrected chi connectivity index (χ2v) is 5.17. The highest BCUT2D eigenvalue weighted by Gasteiger charge is 2.44. The maximum absolute atomic E-state index is 10.2. The Hall–Kier alpha value is -0.240. The van der Waals surface area contributed by atoms with Crippen molar-refractivity contribution in [1.29, 1.82) is 0 Å². The summed E-state index contributed by atoms with van der Waals surface area (Å²) in [6.45, 7) is 3.56. The Balaban J connectivity index is 2.78. The van der Waals surface area contributed by atoms with Crippen LogP contribution < -0.4 is 0 Å². The molecule has 0 radical (unpaired) electrons. The summed E-state index contributed by atoms with van der Waals surface area (Å²) in [6, 6.07) is -0.752. The van der Waals surface area contributed by atoms with Gasteiger partial charge in [-0.25, -0.2) is 0 Å². The molecule has 1 aliphatic heterocycles. The molecule has 0 aromatic carbocycles. The van der Waals surface area contributed by atoms with Gasteiger partial charge in [0.2, 0.25) is 0 Å². The van der Waals surface area contributed by atoms with E-state index in [2.05, 4.69) is 0 Å². The highest BCUT2D eigenvalue weighted by molar-refractivity contribution is 4.95. The van der Waals surface area contributed by atoms with Crippen LogP contribution in [0.5, 0.6) is 0 Å². The van der Waals surface area contributed by atoms with E-state index in [0.717, 1.165) is 12.8 Å². The monoisotopic (exact) mass is 263 g/mol. The molecule has 0 spiro atoms. The lowest BCUT2D eigenvalue weighted by molar-refractivity contribution is -0.189. The third-order valence-corrected chi connectivity index (χ3v) is 3.74. The van der Waals surface area contributed by atoms with Crippen molar-refractivity contribution in [3.05, 3.63) is 0 Å². The van der Waals surface area contributed by atoms with Gasteiger partial charge in [-0.15, -0.1) is 0 Å². The predicted octanol–water partition coefficient (Wildman–Crippen LogP) is -1.50. The molecule has 5 N–H and O–H groups in total. The van der Waals surface area contributed by atoms with Crippen molar-refractivity contribution in [2.75, 3.05) is 13.2 Å². The second-order valence-electron chi connectivity index (χ2n) is 5.17. The van der Waals surface area contributed by atoms with E-state index < -0.39 is 30.6 Å². The lowest BCUT2D eigenvalue weighted by Gasteiger charge is -2.46. The molecule has 0 aromatic heterocycles. The summed E-state index contributed by atoms with van der Waals surface area (Å²) in [5.74, 6) is -0.0290. The van der Waals surface area contributed by atoms with Crippen molar-refractivity contribution in [3.8, 4) is 0 Å². The molecule has 6 heteroatoms. The molecule has 0 aliphatic carbocycles. The summed E-state index contributed by atoms with van der Waals surface area (Å²) in [5, 5.41) is 48.5. The number of hydrogen-bond acceptors (Lipinski definition) is 6. The normalized spacial score (nSPS) is 37.5. The molecular formula is C12H25NO5. The van der Waals surface area contributed by atoms with Crippen LogP contribution in [0.2, 0.25) is 0 Å². The third kappa shape index (κ3) is 3.20. The fourth-order valence-electron chi connectivity index (χ4n) is 2.56. The molecular weight excluding hydrogens is 238 g/mol. The summed E-state index contributed by atoms with van der Waals surface area (Å²) in [5.41, 5.74) is 0. The Morgan fingerprint density at radius 2 is 1.83 bits per heavy atom. The quantitative estimate of drug-likeness (QED) is 0.413. The highest BCUT2D eigenvalue weighted by atomic mass is 16.4. The van der Waals surface area contributed by atoms with Crippen molar-refractivity contribution in [1.82, 2.24) is 4.90 Å². The van der Waals surface area contributed by atoms with Gasteiger partial charge in [-0.2, -0.15) is 0 Å². The van der Waals surface area contributed by atoms with Gasteiger partial charge in [-0.1, -0.05) is 20.3 Å². The number of hydrogen-bond donors (Lipinski definition) is 5. The largest absolute Gasteiger partial charge is 0.395 e. The molecule has 1 heterocycles. The molecule has 1 aliphatic rings. The van der Waals surface area contributed by atoms with Gasteiger partial charge < -0.3 is 25.5 Å². The minimum absolute atomic E-state index is 0.0290. The molecule has 6 nitrogen and oxygen atoms in total. The molecule has 0 aromatic rings. The fourth-order valence-corrected chi connectivity index (χ4v) is 2.56. The molecule has 18 heavy (non-hydrogen) atoms. The Kier molecular flexibility index (Phi) is 5.97. The SMILES string of the molecule is CCCC(C)C(O)N1C[C@H](O)[C@@H](O)[C@H](O)[C@H]1CO. The first-order valence-electron chi connectivity index (χ1n) is 6.52. The van der Waals surface area contributed by atoms with Crippen molar-refractivity contribution in [2.24, 2.45) is 5.92 Å². The van der Waals surface area contributed by atoms with Crippen LogP contribution in [0.15, 0.2) is 0 Å². The molecule has 6 atom stereocenters. The van der Waals surface area contributed by atoms with E-state index in [1.54, 1.807) is 0 Å². The zero-order chi connectivity index (χ0) is 13.9. The summed E-state index contributed by atoms with van der Waals surface area (Å²) in [6.07, 6.45) is -2.78. The van der Waals surface area contributed by atoms with Gasteiger partial charge in [0.15, 0.2) is 0 Å². The molecule has 108 valence electrons. The van der Waals surface area contributed by atoms with E-state index in [4.69, 9.17) is 0 Å². The molecule has 2 unspecified atom stereocenters. The zero-order valence-corrected chi connectivity index (χ0v) is 11.0. The van der Waals surface area contributed by atoms with Crippen LogP contribution in [0, 0.1) is 5.92 Å². The van der Waals surface area contributed by atoms with Crippen LogP contribution in [0.4, 0.5) is 0 Å². The predicted molar refractivity (Wildman–Crippen MR) is 65.7 cm³/mol. The number of aliphatic hydroxyl groups excluding tert-OH is 5. The van der Waals surface area contributed by atoms with E-state index in [1.807, 2.05) is 13.8 Å². The molecule has 1 rings (SSSR count). The second kappa shape index (κ2) is 6.79. The maximum Gasteiger partial charge on any atom is 0.110 e. The van der Waals surface area contributed by atoms with Crippen molar-refractivity contribution in [2.45, 2.75) is 57.3 Å². The maximum atomic E-state index is 10.2. The van der Waals surface area contributed by atoms with E-state index >= 15 is 0 Å². The number of aliphatic hydroxyl groups is 5. The lowest BCUT2D eigenvalue weighted by atomic mass is 9.91. The molecule has 0 bridgehead atoms. The van der Waals surface area contributed by atoms with Gasteiger partial charge in [-0.3, -0.25) is 4.90 Å². The first kappa shape index (κ1) is 15.8. The molecule has 0 amide bonds. The third-order valence-electron chi connectivity index (χ3n) is 3.74. The average molecular weight is 263 g/mol. The van der Waals surface area contributed by atoms with Crippen LogP contribution in [0.1, 0.15) is 26.7 Å². The standard InChI is InChI=1S/C12H25NO5/c1-3-4-7(2)12(18)13-5-9(15)11(17)10(16)8(13)6-14/h7-12,14-18H,3-6H2,1-2H3/t7?,8-,9+,10-,11-,12?/m1/s1. The van der Waals surface area contributed by atoms with Crippen LogP contribution in [-0.4, -0.2) is 74.2 Å². The number of rotatable bonds is 5. The molecule has 1 saturated heterocycles. The Morgan fingerprint density at radius 3 is 2.33 bits per heavy atom. The Labute approximate surface area is 107 Å². The minimum atomic E-state index is -1.29. The van der Waals surface area contributed by atoms with Crippen molar-refractivity contribution < 1.29 is 25.5 Å². The van der Waals surface area contributed by atoms with Crippen molar-refractivity contribution in [3.63, 3.8) is 0 Å². The van der Waals surface area contributed by atoms with E-state index in [0.29, 0.717) is 0 Å². The molecule has 0 saturated carbocycles. The lowest BCUT2D eigenvalue weighted by Crippen LogP contribution is -2.65. The average Bonchev–Trinajstić information content (AvgIpc) is 2.35. The highest BCUT2D eigenvalue weighted by Crippen LogP contribution is 2.24. The first-order valence-corrected chi connectivity index (χ1v) is 6.52. The van der Waals surface area contributed by atoms with Gasteiger partial charge in [-0.05, 0) is 12.3 Å². The molecule has 1 fully saturated rings. The van der Waals surface area contributed by atoms with E-state index in [9.17, 15) is 25.5 Å². The van der Waals surface area contributed by atoms with E-state index in [-0.39, 0.29) is 19.1 Å². The number of piperidine rings is 1. The van der Waals surface area contributed by atoms with Crippen LogP contribution in [0.3, 0.4) is 0 Å². The van der Waals surface area contributed by atoms with Crippen molar-refractivity contribution >= 4 is 0 Å². The van der Waals surface area contributed by atoms with E-state index in [1.165, 1.54) is 4.90 Å². The summed E-state index contributed by atoms with van der Waals surface area (Å²) >= 11 is 0. The van der Waals surface area contributed by atoms with Gasteiger partial charge in [0.05, 0.1) is 18.8 Å². The van der Waals surface area contributed by atoms with Crippen LogP contribution >= 0.6 is 0 Å². The Bertz CT molecular complexity index is 253. The number of β-amino-alcohol motifs (C(OH)–C–C–N with tert-alkyl or cyclic N) is 1. The van der Waals surface area contributed by atoms with Gasteiger partial charge in [0.25, 0.3) is 0 Å². The summed E-state index contributed by atoms with van der Waals surface area (Å²) in [4.78, 5) is 1.47.